The van der Waals surface area contributed by atoms with Gasteiger partial charge in [0, 0.05) is 25.5 Å². The van der Waals surface area contributed by atoms with E-state index in [0.717, 1.165) is 30.6 Å². The quantitative estimate of drug-likeness (QED) is 0.783. The molecule has 14 heavy (non-hydrogen) atoms. The number of hydrogen-bond acceptors (Lipinski definition) is 1. The van der Waals surface area contributed by atoms with E-state index in [-0.39, 0.29) is 5.91 Å². The van der Waals surface area contributed by atoms with E-state index in [1.54, 1.807) is 11.1 Å². The monoisotopic (exact) mass is 194 g/mol. The summed E-state index contributed by atoms with van der Waals surface area (Å²) in [5.74, 6) is 0.109. The number of aromatic nitrogens is 1. The predicted molar refractivity (Wildman–Crippen MR) is 57.4 cm³/mol. The topological polar surface area (TPSA) is 36.1 Å². The number of hydrogen-bond donors (Lipinski definition) is 1. The molecule has 1 rings (SSSR count). The second-order valence-electron chi connectivity index (χ2n) is 3.60. The summed E-state index contributed by atoms with van der Waals surface area (Å²) >= 11 is 0. The van der Waals surface area contributed by atoms with Crippen molar-refractivity contribution in [1.82, 2.24) is 9.88 Å². The first-order valence-electron chi connectivity index (χ1n) is 5.06. The molecule has 0 saturated carbocycles. The molecule has 1 aromatic heterocycles. The summed E-state index contributed by atoms with van der Waals surface area (Å²) in [6.07, 6.45) is 3.98. The Morgan fingerprint density at radius 2 is 2.29 bits per heavy atom. The second kappa shape index (κ2) is 4.84. The fourth-order valence-corrected chi connectivity index (χ4v) is 1.39. The van der Waals surface area contributed by atoms with E-state index < -0.39 is 0 Å². The highest BCUT2D eigenvalue weighted by Gasteiger charge is 2.13. The number of amides is 1. The van der Waals surface area contributed by atoms with Gasteiger partial charge in [-0.3, -0.25) is 4.79 Å². The van der Waals surface area contributed by atoms with Crippen molar-refractivity contribution >= 4 is 5.91 Å². The molecule has 0 fully saturated rings. The molecule has 0 bridgehead atoms. The van der Waals surface area contributed by atoms with Gasteiger partial charge in [-0.15, -0.1) is 0 Å². The lowest BCUT2D eigenvalue weighted by atomic mass is 10.2. The van der Waals surface area contributed by atoms with E-state index in [9.17, 15) is 4.79 Å². The first kappa shape index (κ1) is 10.8. The SMILES string of the molecule is CCCCN(C)C(=O)c1cc[nH]c1C. The number of aryl methyl sites for hydroxylation is 1. The highest BCUT2D eigenvalue weighted by Crippen LogP contribution is 2.08. The zero-order chi connectivity index (χ0) is 10.6. The molecule has 1 amide bonds. The second-order valence-corrected chi connectivity index (χ2v) is 3.60. The number of rotatable bonds is 4. The van der Waals surface area contributed by atoms with E-state index in [4.69, 9.17) is 0 Å². The van der Waals surface area contributed by atoms with Crippen LogP contribution in [0.5, 0.6) is 0 Å². The van der Waals surface area contributed by atoms with Crippen molar-refractivity contribution in [2.45, 2.75) is 26.7 Å². The third kappa shape index (κ3) is 2.37. The van der Waals surface area contributed by atoms with Crippen LogP contribution >= 0.6 is 0 Å². The van der Waals surface area contributed by atoms with Crippen molar-refractivity contribution in [2.75, 3.05) is 13.6 Å². The van der Waals surface area contributed by atoms with Crippen LogP contribution in [0.15, 0.2) is 12.3 Å². The van der Waals surface area contributed by atoms with Gasteiger partial charge in [-0.1, -0.05) is 13.3 Å². The van der Waals surface area contributed by atoms with Crippen LogP contribution in [0.25, 0.3) is 0 Å². The van der Waals surface area contributed by atoms with Gasteiger partial charge in [-0.2, -0.15) is 0 Å². The van der Waals surface area contributed by atoms with Gasteiger partial charge in [0.15, 0.2) is 0 Å². The minimum absolute atomic E-state index is 0.109. The van der Waals surface area contributed by atoms with Gasteiger partial charge >= 0.3 is 0 Å². The van der Waals surface area contributed by atoms with Crippen LogP contribution in [0.1, 0.15) is 35.8 Å². The molecule has 0 aliphatic carbocycles. The normalized spacial score (nSPS) is 10.2. The Bertz CT molecular complexity index is 304. The summed E-state index contributed by atoms with van der Waals surface area (Å²) in [5.41, 5.74) is 1.72. The van der Waals surface area contributed by atoms with Crippen molar-refractivity contribution in [3.8, 4) is 0 Å². The molecule has 0 radical (unpaired) electrons. The molecule has 3 heteroatoms. The van der Waals surface area contributed by atoms with Crippen LogP contribution in [-0.2, 0) is 0 Å². The average Bonchev–Trinajstić information content (AvgIpc) is 2.59. The molecule has 78 valence electrons. The number of nitrogens with one attached hydrogen (secondary N) is 1. The molecule has 0 aromatic carbocycles. The van der Waals surface area contributed by atoms with Gasteiger partial charge < -0.3 is 9.88 Å². The van der Waals surface area contributed by atoms with E-state index in [1.165, 1.54) is 0 Å². The Balaban J connectivity index is 2.61. The molecule has 0 aliphatic rings. The van der Waals surface area contributed by atoms with Gasteiger partial charge in [-0.25, -0.2) is 0 Å². The van der Waals surface area contributed by atoms with Crippen molar-refractivity contribution < 1.29 is 4.79 Å². The Morgan fingerprint density at radius 1 is 1.57 bits per heavy atom. The van der Waals surface area contributed by atoms with Gasteiger partial charge in [0.1, 0.15) is 0 Å². The summed E-state index contributed by atoms with van der Waals surface area (Å²) in [7, 11) is 1.85. The lowest BCUT2D eigenvalue weighted by Gasteiger charge is -2.16. The zero-order valence-corrected chi connectivity index (χ0v) is 9.13. The van der Waals surface area contributed by atoms with Crippen LogP contribution in [-0.4, -0.2) is 29.4 Å². The minimum atomic E-state index is 0.109. The third-order valence-electron chi connectivity index (χ3n) is 2.38. The van der Waals surface area contributed by atoms with Crippen molar-refractivity contribution in [3.63, 3.8) is 0 Å². The zero-order valence-electron chi connectivity index (χ0n) is 9.13. The highest BCUT2D eigenvalue weighted by molar-refractivity contribution is 5.95. The molecule has 1 aromatic rings. The summed E-state index contributed by atoms with van der Waals surface area (Å²) in [6, 6.07) is 1.83. The van der Waals surface area contributed by atoms with Crippen molar-refractivity contribution in [3.05, 3.63) is 23.5 Å². The van der Waals surface area contributed by atoms with E-state index in [1.807, 2.05) is 20.0 Å². The Kier molecular flexibility index (Phi) is 3.74. The third-order valence-corrected chi connectivity index (χ3v) is 2.38. The smallest absolute Gasteiger partial charge is 0.255 e. The Morgan fingerprint density at radius 3 is 2.79 bits per heavy atom. The molecule has 1 N–H and O–H groups in total. The molecule has 0 atom stereocenters. The van der Waals surface area contributed by atoms with E-state index >= 15 is 0 Å². The highest BCUT2D eigenvalue weighted by atomic mass is 16.2. The first-order valence-corrected chi connectivity index (χ1v) is 5.06. The lowest BCUT2D eigenvalue weighted by molar-refractivity contribution is 0.0793. The molecule has 0 spiro atoms. The molecule has 0 saturated heterocycles. The van der Waals surface area contributed by atoms with Crippen molar-refractivity contribution in [1.29, 1.82) is 0 Å². The molecular weight excluding hydrogens is 176 g/mol. The van der Waals surface area contributed by atoms with Crippen molar-refractivity contribution in [2.24, 2.45) is 0 Å². The molecule has 0 aliphatic heterocycles. The lowest BCUT2D eigenvalue weighted by Crippen LogP contribution is -2.27. The fraction of sp³-hybridized carbons (Fsp3) is 0.545. The maximum atomic E-state index is 11.8. The van der Waals surface area contributed by atoms with E-state index in [0.29, 0.717) is 0 Å². The number of H-pyrrole nitrogens is 1. The van der Waals surface area contributed by atoms with E-state index in [2.05, 4.69) is 11.9 Å². The largest absolute Gasteiger partial charge is 0.365 e. The van der Waals surface area contributed by atoms with Crippen LogP contribution < -0.4 is 0 Å². The van der Waals surface area contributed by atoms with Gasteiger partial charge in [0.25, 0.3) is 5.91 Å². The number of carbonyl (C=O) groups is 1. The first-order chi connectivity index (χ1) is 6.66. The summed E-state index contributed by atoms with van der Waals surface area (Å²) < 4.78 is 0. The Hall–Kier alpha value is -1.25. The number of unbranched alkanes of at least 4 members (excludes halogenated alkanes) is 1. The van der Waals surface area contributed by atoms with Crippen LogP contribution in [0, 0.1) is 6.92 Å². The Labute approximate surface area is 85.1 Å². The van der Waals surface area contributed by atoms with Crippen LogP contribution in [0.4, 0.5) is 0 Å². The summed E-state index contributed by atoms with van der Waals surface area (Å²) in [4.78, 5) is 16.6. The van der Waals surface area contributed by atoms with Crippen LogP contribution in [0.3, 0.4) is 0 Å². The molecule has 0 unspecified atom stereocenters. The van der Waals surface area contributed by atoms with Gasteiger partial charge in [0.05, 0.1) is 5.56 Å². The number of nitrogens with zero attached hydrogens (tertiary/aromatic N) is 1. The predicted octanol–water partition coefficient (Wildman–Crippen LogP) is 2.20. The number of carbonyl (C=O) groups excluding carboxylic acids is 1. The molecule has 1 heterocycles. The summed E-state index contributed by atoms with van der Waals surface area (Å²) in [6.45, 7) is 4.88. The average molecular weight is 194 g/mol. The number of aromatic amines is 1. The summed E-state index contributed by atoms with van der Waals surface area (Å²) in [5, 5.41) is 0. The standard InChI is InChI=1S/C11H18N2O/c1-4-5-8-13(3)11(14)10-6-7-12-9(10)2/h6-7,12H,4-5,8H2,1-3H3. The minimum Gasteiger partial charge on any atom is -0.365 e. The maximum Gasteiger partial charge on any atom is 0.255 e. The molecular formula is C11H18N2O. The molecule has 3 nitrogen and oxygen atoms in total. The fourth-order valence-electron chi connectivity index (χ4n) is 1.39. The van der Waals surface area contributed by atoms with Crippen LogP contribution in [0.2, 0.25) is 0 Å². The van der Waals surface area contributed by atoms with Gasteiger partial charge in [-0.05, 0) is 19.4 Å². The maximum absolute atomic E-state index is 11.8. The van der Waals surface area contributed by atoms with Gasteiger partial charge in [0.2, 0.25) is 0 Å².